The minimum atomic E-state index is -0.974. The van der Waals surface area contributed by atoms with Gasteiger partial charge in [0.1, 0.15) is 0 Å². The lowest BCUT2D eigenvalue weighted by Gasteiger charge is -2.32. The summed E-state index contributed by atoms with van der Waals surface area (Å²) >= 11 is 0. The van der Waals surface area contributed by atoms with Gasteiger partial charge in [0.2, 0.25) is 0 Å². The minimum Gasteiger partial charge on any atom is -0.479 e. The van der Waals surface area contributed by atoms with E-state index in [1.165, 1.54) is 0 Å². The maximum atomic E-state index is 10.7. The molecule has 4 nitrogen and oxygen atoms in total. The summed E-state index contributed by atoms with van der Waals surface area (Å²) in [5, 5.41) is 11.8. The van der Waals surface area contributed by atoms with Crippen molar-refractivity contribution in [1.82, 2.24) is 5.32 Å². The second kappa shape index (κ2) is 3.19. The van der Waals surface area contributed by atoms with Crippen molar-refractivity contribution in [3.8, 4) is 0 Å². The Balaban J connectivity index is 2.64. The summed E-state index contributed by atoms with van der Waals surface area (Å²) in [6.45, 7) is 3.47. The van der Waals surface area contributed by atoms with Gasteiger partial charge >= 0.3 is 5.97 Å². The third-order valence-electron chi connectivity index (χ3n) is 2.03. The van der Waals surface area contributed by atoms with Crippen molar-refractivity contribution < 1.29 is 14.6 Å². The van der Waals surface area contributed by atoms with Gasteiger partial charge in [0.05, 0.1) is 6.61 Å². The molecule has 0 radical (unpaired) electrons. The molecule has 64 valence electrons. The normalized spacial score (nSPS) is 31.7. The van der Waals surface area contributed by atoms with Crippen molar-refractivity contribution in [1.29, 1.82) is 0 Å². The van der Waals surface area contributed by atoms with Crippen LogP contribution in [0.3, 0.4) is 0 Å². The van der Waals surface area contributed by atoms with Crippen LogP contribution in [-0.4, -0.2) is 36.4 Å². The van der Waals surface area contributed by atoms with E-state index in [4.69, 9.17) is 9.84 Å². The maximum Gasteiger partial charge on any atom is 0.337 e. The summed E-state index contributed by atoms with van der Waals surface area (Å²) in [5.74, 6) is -0.868. The van der Waals surface area contributed by atoms with Gasteiger partial charge in [-0.25, -0.2) is 4.79 Å². The molecule has 11 heavy (non-hydrogen) atoms. The van der Waals surface area contributed by atoms with Gasteiger partial charge in [-0.2, -0.15) is 0 Å². The number of nitrogens with one attached hydrogen (secondary N) is 1. The molecule has 0 aromatic rings. The van der Waals surface area contributed by atoms with Crippen LogP contribution in [0.2, 0.25) is 0 Å². The van der Waals surface area contributed by atoms with E-state index < -0.39 is 11.6 Å². The van der Waals surface area contributed by atoms with Gasteiger partial charge in [-0.1, -0.05) is 6.92 Å². The first kappa shape index (κ1) is 8.49. The van der Waals surface area contributed by atoms with Crippen LogP contribution in [-0.2, 0) is 9.53 Å². The number of ether oxygens (including phenoxy) is 1. The molecule has 1 rings (SSSR count). The topological polar surface area (TPSA) is 58.6 Å². The molecule has 1 atom stereocenters. The number of carboxylic acids is 1. The molecule has 1 saturated heterocycles. The van der Waals surface area contributed by atoms with Crippen LogP contribution in [0, 0.1) is 0 Å². The van der Waals surface area contributed by atoms with Gasteiger partial charge < -0.3 is 15.2 Å². The molecule has 0 amide bonds. The fourth-order valence-electron chi connectivity index (χ4n) is 1.18. The Morgan fingerprint density at radius 1 is 1.82 bits per heavy atom. The molecule has 0 bridgehead atoms. The summed E-state index contributed by atoms with van der Waals surface area (Å²) < 4.78 is 5.21. The van der Waals surface area contributed by atoms with Crippen molar-refractivity contribution in [2.45, 2.75) is 18.9 Å². The summed E-state index contributed by atoms with van der Waals surface area (Å²) in [4.78, 5) is 10.7. The Morgan fingerprint density at radius 3 is 2.82 bits per heavy atom. The van der Waals surface area contributed by atoms with E-state index in [1.807, 2.05) is 6.92 Å². The zero-order valence-electron chi connectivity index (χ0n) is 6.59. The number of aliphatic carboxylic acids is 1. The highest BCUT2D eigenvalue weighted by Crippen LogP contribution is 2.17. The maximum absolute atomic E-state index is 10.7. The van der Waals surface area contributed by atoms with Gasteiger partial charge in [-0.3, -0.25) is 0 Å². The number of carbonyl (C=O) groups is 1. The van der Waals surface area contributed by atoms with Crippen LogP contribution >= 0.6 is 0 Å². The second-order valence-electron chi connectivity index (χ2n) is 2.68. The molecule has 4 heteroatoms. The first-order valence-electron chi connectivity index (χ1n) is 3.79. The molecule has 1 unspecified atom stereocenters. The lowest BCUT2D eigenvalue weighted by atomic mass is 10.00. The number of rotatable bonds is 2. The largest absolute Gasteiger partial charge is 0.479 e. The van der Waals surface area contributed by atoms with Crippen molar-refractivity contribution in [2.75, 3.05) is 19.7 Å². The van der Waals surface area contributed by atoms with Gasteiger partial charge in [0, 0.05) is 13.1 Å². The molecule has 0 aliphatic carbocycles. The van der Waals surface area contributed by atoms with E-state index in [-0.39, 0.29) is 0 Å². The minimum absolute atomic E-state index is 0.416. The molecule has 1 heterocycles. The van der Waals surface area contributed by atoms with E-state index in [0.717, 1.165) is 6.54 Å². The zero-order valence-corrected chi connectivity index (χ0v) is 6.59. The fraction of sp³-hybridized carbons (Fsp3) is 0.857. The summed E-state index contributed by atoms with van der Waals surface area (Å²) in [6.07, 6.45) is 0.509. The lowest BCUT2D eigenvalue weighted by molar-refractivity contribution is -0.169. The highest BCUT2D eigenvalue weighted by molar-refractivity contribution is 5.77. The van der Waals surface area contributed by atoms with Crippen molar-refractivity contribution in [2.24, 2.45) is 0 Å². The molecule has 1 aliphatic heterocycles. The zero-order chi connectivity index (χ0) is 8.32. The Morgan fingerprint density at radius 2 is 2.55 bits per heavy atom. The van der Waals surface area contributed by atoms with E-state index in [1.54, 1.807) is 0 Å². The highest BCUT2D eigenvalue weighted by Gasteiger charge is 2.39. The average molecular weight is 159 g/mol. The van der Waals surface area contributed by atoms with Gasteiger partial charge in [0.25, 0.3) is 0 Å². The first-order valence-corrected chi connectivity index (χ1v) is 3.79. The first-order chi connectivity index (χ1) is 5.21. The molecular formula is C7H13NO3. The summed E-state index contributed by atoms with van der Waals surface area (Å²) in [6, 6.07) is 0. The molecule has 0 aromatic carbocycles. The predicted octanol–water partition coefficient (Wildman–Crippen LogP) is -0.160. The van der Waals surface area contributed by atoms with Gasteiger partial charge in [0.15, 0.2) is 5.60 Å². The predicted molar refractivity (Wildman–Crippen MR) is 39.5 cm³/mol. The number of hydrogen-bond donors (Lipinski definition) is 2. The molecular weight excluding hydrogens is 146 g/mol. The van der Waals surface area contributed by atoms with E-state index in [9.17, 15) is 4.79 Å². The highest BCUT2D eigenvalue weighted by atomic mass is 16.5. The molecule has 1 aliphatic rings. The number of morpholine rings is 1. The van der Waals surface area contributed by atoms with Crippen LogP contribution in [0.15, 0.2) is 0 Å². The molecule has 0 spiro atoms. The fourth-order valence-corrected chi connectivity index (χ4v) is 1.18. The Labute approximate surface area is 65.5 Å². The number of hydrogen-bond acceptors (Lipinski definition) is 3. The van der Waals surface area contributed by atoms with Crippen LogP contribution in [0.1, 0.15) is 13.3 Å². The smallest absolute Gasteiger partial charge is 0.337 e. The van der Waals surface area contributed by atoms with Crippen molar-refractivity contribution >= 4 is 5.97 Å². The van der Waals surface area contributed by atoms with Crippen LogP contribution in [0.4, 0.5) is 0 Å². The Hall–Kier alpha value is -0.610. The van der Waals surface area contributed by atoms with E-state index in [0.29, 0.717) is 19.6 Å². The molecule has 0 aromatic heterocycles. The molecule has 1 fully saturated rings. The summed E-state index contributed by atoms with van der Waals surface area (Å²) in [7, 11) is 0. The summed E-state index contributed by atoms with van der Waals surface area (Å²) in [5.41, 5.74) is -0.974. The molecule has 2 N–H and O–H groups in total. The monoisotopic (exact) mass is 159 g/mol. The quantitative estimate of drug-likeness (QED) is 0.587. The van der Waals surface area contributed by atoms with Gasteiger partial charge in [-0.15, -0.1) is 0 Å². The standard InChI is InChI=1S/C7H13NO3/c1-2-7(6(9)10)5-8-3-4-11-7/h8H,2-5H2,1H3,(H,9,10). The number of carboxylic acid groups (broad SMARTS) is 1. The van der Waals surface area contributed by atoms with Crippen LogP contribution in [0.25, 0.3) is 0 Å². The third-order valence-corrected chi connectivity index (χ3v) is 2.03. The van der Waals surface area contributed by atoms with E-state index in [2.05, 4.69) is 5.32 Å². The van der Waals surface area contributed by atoms with E-state index >= 15 is 0 Å². The Kier molecular flexibility index (Phi) is 2.46. The van der Waals surface area contributed by atoms with Crippen molar-refractivity contribution in [3.63, 3.8) is 0 Å². The van der Waals surface area contributed by atoms with Crippen LogP contribution in [0.5, 0.6) is 0 Å². The average Bonchev–Trinajstić information content (AvgIpc) is 2.05. The van der Waals surface area contributed by atoms with Crippen LogP contribution < -0.4 is 5.32 Å². The Bertz CT molecular complexity index is 152. The SMILES string of the molecule is CCC1(C(=O)O)CNCCO1. The molecule has 0 saturated carbocycles. The third kappa shape index (κ3) is 1.52. The lowest BCUT2D eigenvalue weighted by Crippen LogP contribution is -2.54. The van der Waals surface area contributed by atoms with Gasteiger partial charge in [-0.05, 0) is 6.42 Å². The second-order valence-corrected chi connectivity index (χ2v) is 2.68. The van der Waals surface area contributed by atoms with Crippen molar-refractivity contribution in [3.05, 3.63) is 0 Å².